The summed E-state index contributed by atoms with van der Waals surface area (Å²) in [4.78, 5) is 75.2. The summed E-state index contributed by atoms with van der Waals surface area (Å²) in [5.41, 5.74) is 0.761. The number of carbonyl (C=O) groups excluding carboxylic acids is 5. The summed E-state index contributed by atoms with van der Waals surface area (Å²) in [6.45, 7) is 13.5. The van der Waals surface area contributed by atoms with E-state index in [4.69, 9.17) is 5.11 Å². The first kappa shape index (κ1) is 42.0. The maximum absolute atomic E-state index is 13.4. The smallest absolute Gasteiger partial charge is 0.306 e. The van der Waals surface area contributed by atoms with Crippen LogP contribution in [0.15, 0.2) is 30.3 Å². The molecule has 0 aliphatic rings. The molecular formula is C34H55N5O9. The molecule has 0 saturated heterocycles. The van der Waals surface area contributed by atoms with Crippen LogP contribution in [0.1, 0.15) is 80.2 Å². The van der Waals surface area contributed by atoms with E-state index in [1.165, 1.54) is 13.8 Å². The second-order valence-corrected chi connectivity index (χ2v) is 13.4. The highest BCUT2D eigenvalue weighted by atomic mass is 16.4. The largest absolute Gasteiger partial charge is 0.481 e. The Morgan fingerprint density at radius 3 is 1.65 bits per heavy atom. The van der Waals surface area contributed by atoms with Crippen molar-refractivity contribution in [1.29, 1.82) is 0 Å². The van der Waals surface area contributed by atoms with E-state index in [0.29, 0.717) is 6.42 Å². The number of amides is 5. The predicted molar refractivity (Wildman–Crippen MR) is 179 cm³/mol. The minimum absolute atomic E-state index is 0.00803. The van der Waals surface area contributed by atoms with Gasteiger partial charge in [0.1, 0.15) is 18.1 Å². The lowest BCUT2D eigenvalue weighted by atomic mass is 9.95. The van der Waals surface area contributed by atoms with E-state index in [-0.39, 0.29) is 30.1 Å². The maximum Gasteiger partial charge on any atom is 0.306 e. The van der Waals surface area contributed by atoms with Gasteiger partial charge in [-0.15, -0.1) is 0 Å². The Labute approximate surface area is 283 Å². The average molecular weight is 678 g/mol. The fraction of sp³-hybridized carbons (Fsp3) is 0.647. The molecule has 0 saturated carbocycles. The lowest BCUT2D eigenvalue weighted by Gasteiger charge is -2.31. The molecule has 1 rings (SSSR count). The summed E-state index contributed by atoms with van der Waals surface area (Å²) >= 11 is 0. The number of aliphatic hydroxyl groups excluding tert-OH is 2. The number of aliphatic hydroxyl groups is 2. The molecule has 0 unspecified atom stereocenters. The first-order valence-corrected chi connectivity index (χ1v) is 16.4. The SMILES string of the molecule is CC(=O)N[C@@H](C(=O)N[C@@H](C(=O)N[C@H](CC(C)C)[C@H](O)CC(=O)N[C@H](C)C(=O)N[C@H](Cc1ccccc1)[C@H](O)CC(=O)O)C(C)C)C(C)C. The normalized spacial score (nSPS) is 15.8. The van der Waals surface area contributed by atoms with E-state index >= 15 is 0 Å². The van der Waals surface area contributed by atoms with Crippen LogP contribution in [0.25, 0.3) is 0 Å². The van der Waals surface area contributed by atoms with E-state index in [0.717, 1.165) is 5.56 Å². The standard InChI is InChI=1S/C34H55N5O9/c1-18(2)14-24(38-33(47)31(20(5)6)39-34(48)30(19(3)4)36-22(8)40)26(41)16-28(43)35-21(7)32(46)37-25(27(42)17-29(44)45)15-23-12-10-9-11-13-23/h9-13,18-21,24-27,30-31,41-42H,14-17H2,1-8H3,(H,35,43)(H,36,40)(H,37,46)(H,38,47)(H,39,48)(H,44,45)/t21-,24-,25-,26-,27-,30-,31-/m1/s1. The van der Waals surface area contributed by atoms with Crippen LogP contribution in [-0.4, -0.2) is 93.2 Å². The number of hydrogen-bond donors (Lipinski definition) is 8. The minimum Gasteiger partial charge on any atom is -0.481 e. The van der Waals surface area contributed by atoms with E-state index in [2.05, 4.69) is 26.6 Å². The molecule has 0 bridgehead atoms. The molecule has 0 aromatic heterocycles. The summed E-state index contributed by atoms with van der Waals surface area (Å²) in [5.74, 6) is -4.64. The molecule has 8 N–H and O–H groups in total. The van der Waals surface area contributed by atoms with Crippen molar-refractivity contribution in [2.24, 2.45) is 17.8 Å². The third-order valence-corrected chi connectivity index (χ3v) is 7.71. The molecule has 5 amide bonds. The van der Waals surface area contributed by atoms with Crippen LogP contribution in [-0.2, 0) is 35.2 Å². The van der Waals surface area contributed by atoms with Crippen LogP contribution in [0.5, 0.6) is 0 Å². The van der Waals surface area contributed by atoms with Crippen LogP contribution in [0, 0.1) is 17.8 Å². The summed E-state index contributed by atoms with van der Waals surface area (Å²) in [7, 11) is 0. The van der Waals surface area contributed by atoms with E-state index < -0.39 is 84.9 Å². The number of rotatable bonds is 20. The second kappa shape index (κ2) is 20.4. The van der Waals surface area contributed by atoms with Crippen molar-refractivity contribution >= 4 is 35.5 Å². The first-order valence-electron chi connectivity index (χ1n) is 16.4. The highest BCUT2D eigenvalue weighted by molar-refractivity contribution is 5.92. The average Bonchev–Trinajstić information content (AvgIpc) is 2.97. The van der Waals surface area contributed by atoms with Gasteiger partial charge in [0.2, 0.25) is 29.5 Å². The maximum atomic E-state index is 13.4. The molecule has 14 nitrogen and oxygen atoms in total. The Kier molecular flexibility index (Phi) is 17.8. The van der Waals surface area contributed by atoms with Gasteiger partial charge in [-0.1, -0.05) is 71.9 Å². The van der Waals surface area contributed by atoms with Crippen molar-refractivity contribution in [3.8, 4) is 0 Å². The van der Waals surface area contributed by atoms with Crippen LogP contribution in [0.2, 0.25) is 0 Å². The van der Waals surface area contributed by atoms with Crippen LogP contribution < -0.4 is 26.6 Å². The van der Waals surface area contributed by atoms with Gasteiger partial charge in [-0.25, -0.2) is 0 Å². The van der Waals surface area contributed by atoms with Crippen molar-refractivity contribution in [3.05, 3.63) is 35.9 Å². The Morgan fingerprint density at radius 1 is 0.646 bits per heavy atom. The zero-order valence-electron chi connectivity index (χ0n) is 29.3. The van der Waals surface area contributed by atoms with Crippen LogP contribution >= 0.6 is 0 Å². The second-order valence-electron chi connectivity index (χ2n) is 13.4. The zero-order chi connectivity index (χ0) is 36.7. The van der Waals surface area contributed by atoms with Crippen molar-refractivity contribution in [2.75, 3.05) is 0 Å². The molecule has 0 aliphatic heterocycles. The molecule has 0 fully saturated rings. The monoisotopic (exact) mass is 677 g/mol. The fourth-order valence-corrected chi connectivity index (χ4v) is 5.10. The van der Waals surface area contributed by atoms with E-state index in [1.54, 1.807) is 58.0 Å². The molecule has 1 aromatic rings. The molecule has 0 heterocycles. The molecule has 0 spiro atoms. The molecular weight excluding hydrogens is 622 g/mol. The van der Waals surface area contributed by atoms with Crippen LogP contribution in [0.4, 0.5) is 0 Å². The molecule has 48 heavy (non-hydrogen) atoms. The summed E-state index contributed by atoms with van der Waals surface area (Å²) in [6, 6.07) is 4.13. The lowest BCUT2D eigenvalue weighted by molar-refractivity contribution is -0.140. The highest BCUT2D eigenvalue weighted by Crippen LogP contribution is 2.14. The van der Waals surface area contributed by atoms with Gasteiger partial charge in [-0.3, -0.25) is 28.8 Å². The predicted octanol–water partition coefficient (Wildman–Crippen LogP) is 0.638. The molecule has 0 radical (unpaired) electrons. The van der Waals surface area contributed by atoms with Gasteiger partial charge < -0.3 is 41.9 Å². The van der Waals surface area contributed by atoms with Gasteiger partial charge in [0.25, 0.3) is 0 Å². The number of aliphatic carboxylic acids is 1. The third-order valence-electron chi connectivity index (χ3n) is 7.71. The molecule has 0 aliphatic carbocycles. The van der Waals surface area contributed by atoms with Gasteiger partial charge in [-0.05, 0) is 43.1 Å². The Bertz CT molecular complexity index is 1220. The summed E-state index contributed by atoms with van der Waals surface area (Å²) < 4.78 is 0. The molecule has 1 aromatic carbocycles. The van der Waals surface area contributed by atoms with Crippen molar-refractivity contribution in [1.82, 2.24) is 26.6 Å². The summed E-state index contributed by atoms with van der Waals surface area (Å²) in [5, 5.41) is 43.9. The quantitative estimate of drug-likeness (QED) is 0.0968. The Hall–Kier alpha value is -4.04. The van der Waals surface area contributed by atoms with Gasteiger partial charge in [0.05, 0.1) is 37.1 Å². The minimum atomic E-state index is -1.39. The van der Waals surface area contributed by atoms with Crippen LogP contribution in [0.3, 0.4) is 0 Å². The first-order chi connectivity index (χ1) is 22.3. The van der Waals surface area contributed by atoms with Gasteiger partial charge in [-0.2, -0.15) is 0 Å². The van der Waals surface area contributed by atoms with E-state index in [9.17, 15) is 39.0 Å². The van der Waals surface area contributed by atoms with Crippen molar-refractivity contribution < 1.29 is 44.1 Å². The van der Waals surface area contributed by atoms with Crippen molar-refractivity contribution in [3.63, 3.8) is 0 Å². The van der Waals surface area contributed by atoms with Gasteiger partial charge in [0, 0.05) is 6.92 Å². The number of carbonyl (C=O) groups is 6. The summed E-state index contributed by atoms with van der Waals surface area (Å²) in [6.07, 6.45) is -3.33. The molecule has 270 valence electrons. The number of carboxylic acid groups (broad SMARTS) is 1. The topological polar surface area (TPSA) is 223 Å². The number of carboxylic acids is 1. The highest BCUT2D eigenvalue weighted by Gasteiger charge is 2.33. The third kappa shape index (κ3) is 15.2. The van der Waals surface area contributed by atoms with Gasteiger partial charge >= 0.3 is 5.97 Å². The van der Waals surface area contributed by atoms with Gasteiger partial charge in [0.15, 0.2) is 0 Å². The lowest BCUT2D eigenvalue weighted by Crippen LogP contribution is -2.59. The fourth-order valence-electron chi connectivity index (χ4n) is 5.10. The Balaban J connectivity index is 2.96. The van der Waals surface area contributed by atoms with Crippen molar-refractivity contribution in [2.45, 2.75) is 123 Å². The number of nitrogens with one attached hydrogen (secondary N) is 5. The zero-order valence-corrected chi connectivity index (χ0v) is 29.3. The molecule has 14 heteroatoms. The number of hydrogen-bond acceptors (Lipinski definition) is 8. The van der Waals surface area contributed by atoms with E-state index in [1.807, 2.05) is 13.8 Å². The Morgan fingerprint density at radius 2 is 1.15 bits per heavy atom. The number of benzene rings is 1. The molecule has 7 atom stereocenters.